The fraction of sp³-hybridized carbons (Fsp3) is 0.125. The van der Waals surface area contributed by atoms with Crippen molar-refractivity contribution in [2.24, 2.45) is 0 Å². The van der Waals surface area contributed by atoms with E-state index in [1.54, 1.807) is 49.5 Å². The Bertz CT molecular complexity index is 811. The first-order valence-electron chi connectivity index (χ1n) is 6.51. The zero-order chi connectivity index (χ0) is 16.1. The van der Waals surface area contributed by atoms with Crippen LogP contribution in [0, 0.1) is 11.3 Å². The molecule has 0 N–H and O–H groups in total. The van der Waals surface area contributed by atoms with Gasteiger partial charge in [0.05, 0.1) is 17.3 Å². The first kappa shape index (κ1) is 15.2. The molecule has 2 rings (SSSR count). The summed E-state index contributed by atoms with van der Waals surface area (Å²) in [5, 5.41) is 12.9. The fourth-order valence-corrected chi connectivity index (χ4v) is 1.71. The van der Waals surface area contributed by atoms with Crippen molar-refractivity contribution >= 4 is 5.78 Å². The van der Waals surface area contributed by atoms with Gasteiger partial charge >= 0.3 is 0 Å². The summed E-state index contributed by atoms with van der Waals surface area (Å²) >= 11 is 0. The third-order valence-electron chi connectivity index (χ3n) is 2.83. The maximum atomic E-state index is 12.0. The number of aromatic nitrogens is 2. The Hall–Kier alpha value is -3.20. The van der Waals surface area contributed by atoms with Crippen LogP contribution in [-0.2, 0) is 0 Å². The van der Waals surface area contributed by atoms with E-state index in [0.29, 0.717) is 11.3 Å². The average molecular weight is 294 g/mol. The fourth-order valence-electron chi connectivity index (χ4n) is 1.71. The summed E-state index contributed by atoms with van der Waals surface area (Å²) in [6, 6.07) is 9.99. The maximum Gasteiger partial charge on any atom is 0.211 e. The van der Waals surface area contributed by atoms with Crippen molar-refractivity contribution in [3.63, 3.8) is 0 Å². The Kier molecular flexibility index (Phi) is 4.49. The number of nitrogens with zero attached hydrogens (tertiary/aromatic N) is 4. The van der Waals surface area contributed by atoms with Gasteiger partial charge in [0.15, 0.2) is 5.69 Å². The molecule has 0 saturated carbocycles. The molecule has 0 fully saturated rings. The van der Waals surface area contributed by atoms with E-state index in [1.807, 2.05) is 6.07 Å². The van der Waals surface area contributed by atoms with Crippen molar-refractivity contribution in [3.05, 3.63) is 70.3 Å². The molecule has 0 saturated heterocycles. The van der Waals surface area contributed by atoms with Crippen LogP contribution in [-0.4, -0.2) is 34.6 Å². The number of hydrogen-bond donors (Lipinski definition) is 0. The van der Waals surface area contributed by atoms with Crippen molar-refractivity contribution in [1.82, 2.24) is 14.7 Å². The van der Waals surface area contributed by atoms with Crippen molar-refractivity contribution in [1.29, 1.82) is 5.26 Å². The van der Waals surface area contributed by atoms with E-state index in [0.717, 1.165) is 0 Å². The summed E-state index contributed by atoms with van der Waals surface area (Å²) in [6.45, 7) is 0. The predicted octanol–water partition coefficient (Wildman–Crippen LogP) is 1.36. The van der Waals surface area contributed by atoms with Gasteiger partial charge in [0, 0.05) is 38.6 Å². The van der Waals surface area contributed by atoms with Crippen LogP contribution in [0.2, 0.25) is 0 Å². The van der Waals surface area contributed by atoms with Crippen molar-refractivity contribution in [2.75, 3.05) is 14.1 Å². The van der Waals surface area contributed by atoms with Crippen molar-refractivity contribution in [2.45, 2.75) is 0 Å². The van der Waals surface area contributed by atoms with Crippen LogP contribution in [0.4, 0.5) is 0 Å². The second kappa shape index (κ2) is 6.50. The monoisotopic (exact) mass is 294 g/mol. The van der Waals surface area contributed by atoms with Crippen LogP contribution in [0.25, 0.3) is 5.69 Å². The van der Waals surface area contributed by atoms with Gasteiger partial charge in [-0.05, 0) is 24.3 Å². The van der Waals surface area contributed by atoms with Gasteiger partial charge in [-0.2, -0.15) is 10.4 Å². The highest BCUT2D eigenvalue weighted by atomic mass is 16.1. The Morgan fingerprint density at radius 2 is 1.95 bits per heavy atom. The van der Waals surface area contributed by atoms with Gasteiger partial charge in [-0.25, -0.2) is 4.68 Å². The molecule has 1 heterocycles. The number of carbonyl (C=O) groups excluding carboxylic acids is 1. The summed E-state index contributed by atoms with van der Waals surface area (Å²) in [4.78, 5) is 25.5. The Labute approximate surface area is 127 Å². The predicted molar refractivity (Wildman–Crippen MR) is 81.7 cm³/mol. The van der Waals surface area contributed by atoms with Gasteiger partial charge in [0.25, 0.3) is 0 Å². The molecule has 6 heteroatoms. The lowest BCUT2D eigenvalue weighted by Crippen LogP contribution is -2.20. The van der Waals surface area contributed by atoms with E-state index in [2.05, 4.69) is 5.10 Å². The first-order chi connectivity index (χ1) is 10.5. The molecule has 0 bridgehead atoms. The minimum absolute atomic E-state index is 0.148. The number of benzene rings is 1. The van der Waals surface area contributed by atoms with E-state index in [9.17, 15) is 9.59 Å². The highest BCUT2D eigenvalue weighted by Crippen LogP contribution is 2.07. The minimum Gasteiger partial charge on any atom is -0.383 e. The smallest absolute Gasteiger partial charge is 0.211 e. The standard InChI is InChI=1S/C16H14N4O2/c1-19(2)9-7-14(21)16-15(22)8-10-20(18-16)13-5-3-12(11-17)4-6-13/h3-10H,1-2H3. The average Bonchev–Trinajstić information content (AvgIpc) is 2.53. The van der Waals surface area contributed by atoms with Crippen LogP contribution in [0.1, 0.15) is 16.1 Å². The van der Waals surface area contributed by atoms with Crippen LogP contribution >= 0.6 is 0 Å². The Balaban J connectivity index is 2.40. The van der Waals surface area contributed by atoms with Crippen molar-refractivity contribution in [3.8, 4) is 11.8 Å². The van der Waals surface area contributed by atoms with E-state index in [1.165, 1.54) is 23.0 Å². The molecule has 0 atom stereocenters. The van der Waals surface area contributed by atoms with Crippen LogP contribution in [0.3, 0.4) is 0 Å². The number of allylic oxidation sites excluding steroid dienone is 1. The number of nitriles is 1. The second-order valence-electron chi connectivity index (χ2n) is 4.78. The molecule has 22 heavy (non-hydrogen) atoms. The SMILES string of the molecule is CN(C)C=CC(=O)c1nn(-c2ccc(C#N)cc2)ccc1=O. The molecule has 0 spiro atoms. The van der Waals surface area contributed by atoms with Gasteiger partial charge < -0.3 is 4.90 Å². The van der Waals surface area contributed by atoms with Gasteiger partial charge in [-0.1, -0.05) is 0 Å². The molecular weight excluding hydrogens is 280 g/mol. The maximum absolute atomic E-state index is 12.0. The minimum atomic E-state index is -0.457. The lowest BCUT2D eigenvalue weighted by atomic mass is 10.2. The summed E-state index contributed by atoms with van der Waals surface area (Å²) in [5.41, 5.74) is 0.600. The van der Waals surface area contributed by atoms with Gasteiger partial charge in [0.2, 0.25) is 11.2 Å². The molecule has 0 aliphatic heterocycles. The zero-order valence-electron chi connectivity index (χ0n) is 12.2. The molecule has 110 valence electrons. The summed E-state index contributed by atoms with van der Waals surface area (Å²) in [5.74, 6) is -0.457. The lowest BCUT2D eigenvalue weighted by Gasteiger charge is -2.06. The second-order valence-corrected chi connectivity index (χ2v) is 4.78. The molecule has 0 aliphatic carbocycles. The van der Waals surface area contributed by atoms with E-state index < -0.39 is 11.2 Å². The molecule has 0 unspecified atom stereocenters. The highest BCUT2D eigenvalue weighted by molar-refractivity contribution is 6.02. The topological polar surface area (TPSA) is 79.0 Å². The molecule has 1 aromatic carbocycles. The normalized spacial score (nSPS) is 10.4. The number of rotatable bonds is 4. The largest absolute Gasteiger partial charge is 0.383 e. The van der Waals surface area contributed by atoms with Gasteiger partial charge in [0.1, 0.15) is 0 Å². The Morgan fingerprint density at radius 3 is 2.55 bits per heavy atom. The van der Waals surface area contributed by atoms with E-state index in [4.69, 9.17) is 5.26 Å². The summed E-state index contributed by atoms with van der Waals surface area (Å²) in [6.07, 6.45) is 4.34. The third-order valence-corrected chi connectivity index (χ3v) is 2.83. The van der Waals surface area contributed by atoms with Gasteiger partial charge in [-0.3, -0.25) is 9.59 Å². The molecule has 1 aromatic heterocycles. The van der Waals surface area contributed by atoms with E-state index >= 15 is 0 Å². The summed E-state index contributed by atoms with van der Waals surface area (Å²) in [7, 11) is 3.55. The lowest BCUT2D eigenvalue weighted by molar-refractivity contribution is 0.103. The summed E-state index contributed by atoms with van der Waals surface area (Å²) < 4.78 is 1.43. The molecule has 0 amide bonds. The van der Waals surface area contributed by atoms with Crippen LogP contribution < -0.4 is 5.43 Å². The quantitative estimate of drug-likeness (QED) is 0.628. The molecule has 0 aliphatic rings. The number of hydrogen-bond acceptors (Lipinski definition) is 5. The van der Waals surface area contributed by atoms with E-state index in [-0.39, 0.29) is 5.69 Å². The van der Waals surface area contributed by atoms with Crippen molar-refractivity contribution < 1.29 is 4.79 Å². The van der Waals surface area contributed by atoms with Gasteiger partial charge in [-0.15, -0.1) is 0 Å². The molecule has 0 radical (unpaired) electrons. The van der Waals surface area contributed by atoms with Crippen LogP contribution in [0.15, 0.2) is 53.6 Å². The molecule has 2 aromatic rings. The number of ketones is 1. The molecular formula is C16H14N4O2. The van der Waals surface area contributed by atoms with Crippen LogP contribution in [0.5, 0.6) is 0 Å². The highest BCUT2D eigenvalue weighted by Gasteiger charge is 2.10. The number of carbonyl (C=O) groups is 1. The Morgan fingerprint density at radius 1 is 1.27 bits per heavy atom. The third kappa shape index (κ3) is 3.46. The molecule has 6 nitrogen and oxygen atoms in total. The first-order valence-corrected chi connectivity index (χ1v) is 6.51. The zero-order valence-corrected chi connectivity index (χ0v) is 12.2.